The summed E-state index contributed by atoms with van der Waals surface area (Å²) in [5, 5.41) is 0. The molecule has 1 aromatic rings. The minimum absolute atomic E-state index is 0.217. The third-order valence-electron chi connectivity index (χ3n) is 2.70. The number of aryl methyl sites for hydroxylation is 3. The Morgan fingerprint density at radius 1 is 1.10 bits per heavy atom. The van der Waals surface area contributed by atoms with Crippen molar-refractivity contribution in [1.29, 1.82) is 0 Å². The summed E-state index contributed by atoms with van der Waals surface area (Å²) in [5.41, 5.74) is 0.860. The Kier molecular flexibility index (Phi) is 5.68. The van der Waals surface area contributed by atoms with E-state index in [1.807, 2.05) is 6.92 Å². The lowest BCUT2D eigenvalue weighted by Crippen LogP contribution is -2.32. The average molecular weight is 325 g/mol. The average Bonchev–Trinajstić information content (AvgIpc) is 2.56. The van der Waals surface area contributed by atoms with Crippen LogP contribution in [0.15, 0.2) is 12.5 Å². The summed E-state index contributed by atoms with van der Waals surface area (Å²) in [6, 6.07) is 0. The number of hydrogen-bond donors (Lipinski definition) is 0. The normalized spacial score (nSPS) is 12.8. The summed E-state index contributed by atoms with van der Waals surface area (Å²) in [5.74, 6) is -0.836. The van der Waals surface area contributed by atoms with Gasteiger partial charge in [-0.1, -0.05) is 0 Å². The van der Waals surface area contributed by atoms with E-state index in [1.54, 1.807) is 21.7 Å². The van der Waals surface area contributed by atoms with Crippen LogP contribution in [0.5, 0.6) is 0 Å². The standard InChI is InChI=1S/C10H18N2O6S2/c1-10-8-11(4-2-6-19(13,14)15)9-12(10)5-3-7-20(16,17)18/h8-9H,2-7H2,1H3,(H-,13,14,15,16,17,18)/p-1. The van der Waals surface area contributed by atoms with Gasteiger partial charge in [-0.2, -0.15) is 0 Å². The van der Waals surface area contributed by atoms with E-state index in [1.165, 1.54) is 0 Å². The van der Waals surface area contributed by atoms with E-state index in [0.29, 0.717) is 13.1 Å². The smallest absolute Gasteiger partial charge is 0.243 e. The topological polar surface area (TPSA) is 123 Å². The SMILES string of the molecule is Cc1c[n+](CCCS(=O)(=O)[O-])cn1CCCS(=O)(=O)[O-]. The van der Waals surface area contributed by atoms with E-state index in [2.05, 4.69) is 0 Å². The van der Waals surface area contributed by atoms with Crippen LogP contribution in [0, 0.1) is 6.92 Å². The Balaban J connectivity index is 2.51. The second kappa shape index (κ2) is 6.66. The molecule has 1 heterocycles. The minimum atomic E-state index is -4.20. The molecular formula is C10H17N2O6S2-. The lowest BCUT2D eigenvalue weighted by Gasteiger charge is -2.05. The lowest BCUT2D eigenvalue weighted by molar-refractivity contribution is -0.696. The fourth-order valence-corrected chi connectivity index (χ4v) is 2.77. The minimum Gasteiger partial charge on any atom is -0.748 e. The monoisotopic (exact) mass is 325 g/mol. The van der Waals surface area contributed by atoms with Crippen LogP contribution in [-0.2, 0) is 33.3 Å². The Labute approximate surface area is 118 Å². The zero-order valence-electron chi connectivity index (χ0n) is 11.1. The van der Waals surface area contributed by atoms with Crippen LogP contribution in [0.3, 0.4) is 0 Å². The van der Waals surface area contributed by atoms with Gasteiger partial charge in [0.25, 0.3) is 0 Å². The predicted octanol–water partition coefficient (Wildman–Crippen LogP) is -1.05. The number of rotatable bonds is 8. The molecule has 0 unspecified atom stereocenters. The van der Waals surface area contributed by atoms with Crippen molar-refractivity contribution in [1.82, 2.24) is 4.57 Å². The first kappa shape index (κ1) is 17.1. The van der Waals surface area contributed by atoms with Crippen molar-refractivity contribution in [2.75, 3.05) is 11.5 Å². The molecule has 1 rings (SSSR count). The Morgan fingerprint density at radius 3 is 2.20 bits per heavy atom. The summed E-state index contributed by atoms with van der Waals surface area (Å²) >= 11 is 0. The van der Waals surface area contributed by atoms with Crippen LogP contribution in [0.25, 0.3) is 0 Å². The summed E-state index contributed by atoms with van der Waals surface area (Å²) in [6.45, 7) is 2.59. The van der Waals surface area contributed by atoms with Crippen molar-refractivity contribution in [2.45, 2.75) is 32.9 Å². The summed E-state index contributed by atoms with van der Waals surface area (Å²) in [7, 11) is -8.40. The van der Waals surface area contributed by atoms with Crippen molar-refractivity contribution in [3.05, 3.63) is 18.2 Å². The molecule has 0 bridgehead atoms. The van der Waals surface area contributed by atoms with Gasteiger partial charge in [0.2, 0.25) is 6.33 Å². The van der Waals surface area contributed by atoms with Gasteiger partial charge in [0.1, 0.15) is 11.9 Å². The van der Waals surface area contributed by atoms with Gasteiger partial charge >= 0.3 is 0 Å². The van der Waals surface area contributed by atoms with Gasteiger partial charge in [-0.15, -0.1) is 0 Å². The molecule has 0 aliphatic carbocycles. The van der Waals surface area contributed by atoms with Gasteiger partial charge in [0, 0.05) is 18.4 Å². The molecule has 10 heteroatoms. The molecule has 116 valence electrons. The van der Waals surface area contributed by atoms with Crippen molar-refractivity contribution in [3.8, 4) is 0 Å². The highest BCUT2D eigenvalue weighted by molar-refractivity contribution is 7.85. The Hall–Kier alpha value is -0.970. The molecule has 20 heavy (non-hydrogen) atoms. The second-order valence-corrected chi connectivity index (χ2v) is 7.60. The molecule has 0 aliphatic rings. The number of hydrogen-bond acceptors (Lipinski definition) is 6. The highest BCUT2D eigenvalue weighted by atomic mass is 32.2. The number of imidazole rings is 1. The lowest BCUT2D eigenvalue weighted by atomic mass is 10.4. The molecule has 1 aromatic heterocycles. The zero-order valence-corrected chi connectivity index (χ0v) is 12.7. The van der Waals surface area contributed by atoms with E-state index in [0.717, 1.165) is 5.69 Å². The van der Waals surface area contributed by atoms with Gasteiger partial charge in [0.15, 0.2) is 0 Å². The van der Waals surface area contributed by atoms with Gasteiger partial charge in [-0.05, 0) is 12.8 Å². The van der Waals surface area contributed by atoms with Gasteiger partial charge < -0.3 is 9.11 Å². The number of aromatic nitrogens is 2. The molecule has 0 amide bonds. The molecule has 0 radical (unpaired) electrons. The molecular weight excluding hydrogens is 308 g/mol. The van der Waals surface area contributed by atoms with Crippen LogP contribution in [0.2, 0.25) is 0 Å². The van der Waals surface area contributed by atoms with Crippen molar-refractivity contribution in [3.63, 3.8) is 0 Å². The van der Waals surface area contributed by atoms with Crippen molar-refractivity contribution < 1.29 is 30.5 Å². The van der Waals surface area contributed by atoms with E-state index >= 15 is 0 Å². The van der Waals surface area contributed by atoms with Crippen LogP contribution in [0.4, 0.5) is 0 Å². The maximum absolute atomic E-state index is 10.5. The largest absolute Gasteiger partial charge is 0.748 e. The highest BCUT2D eigenvalue weighted by Gasteiger charge is 2.10. The van der Waals surface area contributed by atoms with Crippen LogP contribution in [0.1, 0.15) is 18.5 Å². The fraction of sp³-hybridized carbons (Fsp3) is 0.700. The van der Waals surface area contributed by atoms with Gasteiger partial charge in [0.05, 0.1) is 33.3 Å². The van der Waals surface area contributed by atoms with E-state index in [9.17, 15) is 25.9 Å². The molecule has 0 aromatic carbocycles. The Morgan fingerprint density at radius 2 is 1.65 bits per heavy atom. The van der Waals surface area contributed by atoms with Gasteiger partial charge in [-0.3, -0.25) is 0 Å². The first-order valence-electron chi connectivity index (χ1n) is 6.00. The third kappa shape index (κ3) is 6.98. The van der Waals surface area contributed by atoms with Crippen LogP contribution in [-0.4, -0.2) is 42.0 Å². The van der Waals surface area contributed by atoms with Crippen molar-refractivity contribution >= 4 is 20.2 Å². The molecule has 0 saturated heterocycles. The summed E-state index contributed by atoms with van der Waals surface area (Å²) in [6.07, 6.45) is 3.90. The first-order chi connectivity index (χ1) is 9.07. The number of nitrogens with zero attached hydrogens (tertiary/aromatic N) is 2. The highest BCUT2D eigenvalue weighted by Crippen LogP contribution is 2.00. The fourth-order valence-electron chi connectivity index (χ4n) is 1.81. The second-order valence-electron chi connectivity index (χ2n) is 4.55. The van der Waals surface area contributed by atoms with Gasteiger partial charge in [-0.25, -0.2) is 26.0 Å². The van der Waals surface area contributed by atoms with Crippen LogP contribution < -0.4 is 4.57 Å². The van der Waals surface area contributed by atoms with E-state index < -0.39 is 31.7 Å². The molecule has 0 spiro atoms. The zero-order chi connectivity index (χ0) is 15.4. The third-order valence-corrected chi connectivity index (χ3v) is 4.27. The Bertz CT molecular complexity index is 647. The van der Waals surface area contributed by atoms with E-state index in [4.69, 9.17) is 0 Å². The molecule has 0 fully saturated rings. The predicted molar refractivity (Wildman–Crippen MR) is 67.7 cm³/mol. The van der Waals surface area contributed by atoms with Crippen LogP contribution >= 0.6 is 0 Å². The molecule has 0 aliphatic heterocycles. The maximum atomic E-state index is 10.5. The maximum Gasteiger partial charge on any atom is 0.243 e. The van der Waals surface area contributed by atoms with E-state index in [-0.39, 0.29) is 12.8 Å². The molecule has 0 N–H and O–H groups in total. The van der Waals surface area contributed by atoms with Crippen molar-refractivity contribution in [2.24, 2.45) is 0 Å². The first-order valence-corrected chi connectivity index (χ1v) is 9.15. The quantitative estimate of drug-likeness (QED) is 0.444. The summed E-state index contributed by atoms with van der Waals surface area (Å²) < 4.78 is 66.4. The molecule has 8 nitrogen and oxygen atoms in total. The molecule has 0 saturated carbocycles. The molecule has 0 atom stereocenters. The summed E-state index contributed by atoms with van der Waals surface area (Å²) in [4.78, 5) is 0.